The summed E-state index contributed by atoms with van der Waals surface area (Å²) >= 11 is 5.44. The second kappa shape index (κ2) is 16.3. The number of hydrogen-bond donors (Lipinski definition) is 3. The number of benzene rings is 1. The molecule has 0 aliphatic rings. The van der Waals surface area contributed by atoms with E-state index in [1.165, 1.54) is 6.92 Å². The molecular weight excluding hydrogens is 863 g/mol. The minimum absolute atomic E-state index is 0.0279. The van der Waals surface area contributed by atoms with Crippen LogP contribution in [0.5, 0.6) is 0 Å². The van der Waals surface area contributed by atoms with Crippen molar-refractivity contribution in [3.8, 4) is 0 Å². The molecule has 0 saturated carbocycles. The lowest BCUT2D eigenvalue weighted by Gasteiger charge is -2.24. The predicted molar refractivity (Wildman–Crippen MR) is 159 cm³/mol. The molecule has 0 spiro atoms. The summed E-state index contributed by atoms with van der Waals surface area (Å²) in [5.74, 6) is -4.32. The number of nitrogen functional groups attached to an aromatic ring is 1. The molecule has 0 aliphatic heterocycles. The monoisotopic (exact) mass is 889 g/mol. The van der Waals surface area contributed by atoms with Crippen molar-refractivity contribution in [2.75, 3.05) is 25.5 Å². The minimum atomic E-state index is -1.53. The largest absolute Gasteiger partial charge is 0.462 e. The molecule has 0 saturated heterocycles. The first-order chi connectivity index (χ1) is 18.1. The van der Waals surface area contributed by atoms with Gasteiger partial charge in [-0.2, -0.15) is 0 Å². The van der Waals surface area contributed by atoms with Gasteiger partial charge in [0.2, 0.25) is 0 Å². The Bertz CT molecular complexity index is 1150. The molecule has 3 atom stereocenters. The Balaban J connectivity index is 3.25. The van der Waals surface area contributed by atoms with Gasteiger partial charge in [0, 0.05) is 31.3 Å². The summed E-state index contributed by atoms with van der Waals surface area (Å²) in [6.45, 7) is 3.62. The molecule has 0 aliphatic carbocycles. The Morgan fingerprint density at radius 1 is 0.744 bits per heavy atom. The zero-order valence-corrected chi connectivity index (χ0v) is 27.6. The summed E-state index contributed by atoms with van der Waals surface area (Å²) in [7, 11) is 0. The molecule has 14 nitrogen and oxygen atoms in total. The van der Waals surface area contributed by atoms with E-state index in [9.17, 15) is 28.8 Å². The summed E-state index contributed by atoms with van der Waals surface area (Å²) in [6.07, 6.45) is -3.80. The number of rotatable bonds is 12. The third-order valence-electron chi connectivity index (χ3n) is 4.46. The maximum Gasteiger partial charge on any atom is 0.342 e. The first kappa shape index (κ1) is 35.0. The van der Waals surface area contributed by atoms with Crippen LogP contribution >= 0.6 is 67.8 Å². The average molecular weight is 889 g/mol. The number of halogens is 3. The van der Waals surface area contributed by atoms with Crippen molar-refractivity contribution < 1.29 is 52.5 Å². The van der Waals surface area contributed by atoms with E-state index in [0.717, 1.165) is 20.8 Å². The van der Waals surface area contributed by atoms with Gasteiger partial charge in [-0.25, -0.2) is 4.79 Å². The van der Waals surface area contributed by atoms with Crippen LogP contribution in [0, 0.1) is 10.7 Å². The Morgan fingerprint density at radius 2 is 1.26 bits per heavy atom. The molecule has 0 radical (unpaired) electrons. The third kappa shape index (κ3) is 11.2. The highest BCUT2D eigenvalue weighted by Gasteiger charge is 2.32. The predicted octanol–water partition coefficient (Wildman–Crippen LogP) is 1.24. The summed E-state index contributed by atoms with van der Waals surface area (Å²) in [4.78, 5) is 71.4. The number of hydrogen-bond acceptors (Lipinski definition) is 13. The SMILES string of the molecule is CC(=O)OCC(CNC(=O)c1c(I)c(N)c(I)c(C(=O)OC(N)C(COC(C)=O)OC(C)=O)c1I)OC(C)=O. The van der Waals surface area contributed by atoms with Gasteiger partial charge in [0.25, 0.3) is 5.91 Å². The summed E-state index contributed by atoms with van der Waals surface area (Å²) in [5.41, 5.74) is 12.2. The van der Waals surface area contributed by atoms with Crippen LogP contribution in [0.25, 0.3) is 0 Å². The maximum absolute atomic E-state index is 13.1. The molecule has 39 heavy (non-hydrogen) atoms. The maximum atomic E-state index is 13.1. The Morgan fingerprint density at radius 3 is 1.77 bits per heavy atom. The van der Waals surface area contributed by atoms with Crippen molar-refractivity contribution in [1.82, 2.24) is 5.32 Å². The number of anilines is 1. The standard InChI is InChI=1S/C22H26I3N3O11/c1-8(29)35-6-12(37-10(3)31)5-28-21(33)14-16(23)15(18(25)19(26)17(14)24)22(34)39-20(27)13(38-11(4)32)7-36-9(2)30/h12-13,20H,5-7,26-27H2,1-4H3,(H,28,33). The van der Waals surface area contributed by atoms with Crippen LogP contribution < -0.4 is 16.8 Å². The van der Waals surface area contributed by atoms with Gasteiger partial charge in [-0.05, 0) is 67.8 Å². The van der Waals surface area contributed by atoms with Crippen LogP contribution in [-0.4, -0.2) is 73.9 Å². The molecule has 0 aromatic heterocycles. The van der Waals surface area contributed by atoms with Crippen LogP contribution in [0.1, 0.15) is 48.4 Å². The summed E-state index contributed by atoms with van der Waals surface area (Å²) < 4.78 is 25.8. The molecule has 0 bridgehead atoms. The van der Waals surface area contributed by atoms with E-state index in [1.807, 2.05) is 45.2 Å². The van der Waals surface area contributed by atoms with Crippen molar-refractivity contribution in [3.05, 3.63) is 21.8 Å². The minimum Gasteiger partial charge on any atom is -0.462 e. The van der Waals surface area contributed by atoms with Crippen molar-refractivity contribution in [2.45, 2.75) is 46.1 Å². The van der Waals surface area contributed by atoms with Crippen molar-refractivity contribution in [1.29, 1.82) is 0 Å². The Hall–Kier alpha value is -2.01. The molecule has 0 fully saturated rings. The molecule has 17 heteroatoms. The van der Waals surface area contributed by atoms with E-state index in [2.05, 4.69) is 5.32 Å². The Labute approximate surface area is 264 Å². The Kier molecular flexibility index (Phi) is 14.6. The number of nitrogens with one attached hydrogen (secondary N) is 1. The number of nitrogens with two attached hydrogens (primary N) is 2. The van der Waals surface area contributed by atoms with Gasteiger partial charge in [0.05, 0.1) is 30.5 Å². The van der Waals surface area contributed by atoms with E-state index in [-0.39, 0.29) is 37.1 Å². The van der Waals surface area contributed by atoms with E-state index in [4.69, 9.17) is 35.2 Å². The lowest BCUT2D eigenvalue weighted by molar-refractivity contribution is -0.163. The first-order valence-electron chi connectivity index (χ1n) is 10.9. The molecule has 5 N–H and O–H groups in total. The fraction of sp³-hybridized carbons (Fsp3) is 0.455. The van der Waals surface area contributed by atoms with Crippen molar-refractivity contribution >= 4 is 109 Å². The van der Waals surface area contributed by atoms with E-state index >= 15 is 0 Å². The highest BCUT2D eigenvalue weighted by atomic mass is 127. The van der Waals surface area contributed by atoms with E-state index in [0.29, 0.717) is 3.57 Å². The number of carbonyl (C=O) groups excluding carboxylic acids is 6. The number of carbonyl (C=O) groups is 6. The molecule has 1 rings (SSSR count). The van der Waals surface area contributed by atoms with Crippen LogP contribution in [-0.2, 0) is 42.9 Å². The van der Waals surface area contributed by atoms with Crippen molar-refractivity contribution in [3.63, 3.8) is 0 Å². The van der Waals surface area contributed by atoms with Crippen LogP contribution in [0.3, 0.4) is 0 Å². The topological polar surface area (TPSA) is 213 Å². The van der Waals surface area contributed by atoms with Gasteiger partial charge in [-0.3, -0.25) is 29.7 Å². The third-order valence-corrected chi connectivity index (χ3v) is 7.77. The summed E-state index contributed by atoms with van der Waals surface area (Å²) in [5, 5.41) is 2.57. The van der Waals surface area contributed by atoms with Gasteiger partial charge >= 0.3 is 29.8 Å². The molecule has 3 unspecified atom stereocenters. The molecule has 1 amide bonds. The smallest absolute Gasteiger partial charge is 0.342 e. The van der Waals surface area contributed by atoms with Crippen LogP contribution in [0.4, 0.5) is 5.69 Å². The fourth-order valence-corrected chi connectivity index (χ4v) is 6.90. The second-order valence-corrected chi connectivity index (χ2v) is 10.9. The van der Waals surface area contributed by atoms with Gasteiger partial charge in [0.1, 0.15) is 13.2 Å². The molecule has 1 aromatic carbocycles. The highest BCUT2D eigenvalue weighted by Crippen LogP contribution is 2.34. The number of ether oxygens (including phenoxy) is 5. The molecule has 216 valence electrons. The number of esters is 5. The summed E-state index contributed by atoms with van der Waals surface area (Å²) in [6, 6.07) is 0. The van der Waals surface area contributed by atoms with Gasteiger partial charge in [0.15, 0.2) is 18.4 Å². The van der Waals surface area contributed by atoms with E-state index < -0.39 is 60.8 Å². The molecular formula is C22H26I3N3O11. The second-order valence-electron chi connectivity index (χ2n) is 7.67. The van der Waals surface area contributed by atoms with Crippen LogP contribution in [0.2, 0.25) is 0 Å². The normalized spacial score (nSPS) is 12.8. The first-order valence-corrected chi connectivity index (χ1v) is 14.1. The quantitative estimate of drug-likeness (QED) is 0.0888. The fourth-order valence-electron chi connectivity index (χ4n) is 2.80. The lowest BCUT2D eigenvalue weighted by Crippen LogP contribution is -2.44. The number of amides is 1. The highest BCUT2D eigenvalue weighted by molar-refractivity contribution is 14.1. The molecule has 0 heterocycles. The van der Waals surface area contributed by atoms with Crippen molar-refractivity contribution in [2.24, 2.45) is 5.73 Å². The lowest BCUT2D eigenvalue weighted by atomic mass is 10.1. The molecule has 1 aromatic rings. The van der Waals surface area contributed by atoms with Gasteiger partial charge in [-0.15, -0.1) is 0 Å². The zero-order chi connectivity index (χ0) is 30.0. The zero-order valence-electron chi connectivity index (χ0n) is 21.1. The average Bonchev–Trinajstić information content (AvgIpc) is 2.81. The van der Waals surface area contributed by atoms with Crippen LogP contribution in [0.15, 0.2) is 0 Å². The van der Waals surface area contributed by atoms with E-state index in [1.54, 1.807) is 22.6 Å². The van der Waals surface area contributed by atoms with Gasteiger partial charge in [-0.1, -0.05) is 0 Å². The van der Waals surface area contributed by atoms with Gasteiger partial charge < -0.3 is 34.7 Å².